The van der Waals surface area contributed by atoms with Crippen molar-refractivity contribution in [3.63, 3.8) is 0 Å². The van der Waals surface area contributed by atoms with Crippen LogP contribution < -0.4 is 5.32 Å². The number of fused-ring (bicyclic) bond motifs is 1. The first-order valence-electron chi connectivity index (χ1n) is 13.2. The van der Waals surface area contributed by atoms with Crippen LogP contribution in [0.15, 0.2) is 18.2 Å². The average molecular weight is 491 g/mol. The van der Waals surface area contributed by atoms with Crippen molar-refractivity contribution in [2.45, 2.75) is 58.0 Å². The second kappa shape index (κ2) is 10.4. The summed E-state index contributed by atoms with van der Waals surface area (Å²) in [6.45, 7) is 6.62. The van der Waals surface area contributed by atoms with Crippen LogP contribution in [0.2, 0.25) is 0 Å². The average Bonchev–Trinajstić information content (AvgIpc) is 3.21. The van der Waals surface area contributed by atoms with E-state index in [1.54, 1.807) is 11.0 Å². The number of amides is 4. The van der Waals surface area contributed by atoms with Gasteiger partial charge in [0.15, 0.2) is 0 Å². The minimum absolute atomic E-state index is 0.182. The Morgan fingerprint density at radius 1 is 1.03 bits per heavy atom. The number of carbonyl (C=O) groups is 4. The third-order valence-electron chi connectivity index (χ3n) is 8.08. The van der Waals surface area contributed by atoms with Gasteiger partial charge in [-0.2, -0.15) is 0 Å². The zero-order chi connectivity index (χ0) is 25.2. The highest BCUT2D eigenvalue weighted by atomic mass is 16.2. The van der Waals surface area contributed by atoms with Gasteiger partial charge in [-0.3, -0.25) is 29.4 Å². The molecule has 3 saturated heterocycles. The van der Waals surface area contributed by atoms with Gasteiger partial charge in [0.1, 0.15) is 6.04 Å². The van der Waals surface area contributed by atoms with Crippen molar-refractivity contribution in [2.24, 2.45) is 11.8 Å². The molecular formula is C28H34N4O4. The third kappa shape index (κ3) is 5.17. The van der Waals surface area contributed by atoms with Gasteiger partial charge in [-0.25, -0.2) is 0 Å². The maximum absolute atomic E-state index is 13.0. The summed E-state index contributed by atoms with van der Waals surface area (Å²) in [5, 5.41) is 2.34. The zero-order valence-electron chi connectivity index (χ0n) is 20.9. The van der Waals surface area contributed by atoms with Gasteiger partial charge in [-0.1, -0.05) is 24.8 Å². The quantitative estimate of drug-likeness (QED) is 0.515. The lowest BCUT2D eigenvalue weighted by atomic mass is 9.96. The van der Waals surface area contributed by atoms with Gasteiger partial charge in [0.2, 0.25) is 17.7 Å². The fourth-order valence-electron chi connectivity index (χ4n) is 5.67. The van der Waals surface area contributed by atoms with E-state index in [1.807, 2.05) is 17.0 Å². The van der Waals surface area contributed by atoms with Crippen molar-refractivity contribution in [3.05, 3.63) is 34.9 Å². The topological polar surface area (TPSA) is 90.0 Å². The molecule has 8 nitrogen and oxygen atoms in total. The Hall–Kier alpha value is -3.18. The number of hydrogen-bond acceptors (Lipinski definition) is 5. The zero-order valence-corrected chi connectivity index (χ0v) is 20.9. The van der Waals surface area contributed by atoms with E-state index in [1.165, 1.54) is 12.8 Å². The predicted octanol–water partition coefficient (Wildman–Crippen LogP) is 1.77. The molecule has 0 aromatic heterocycles. The summed E-state index contributed by atoms with van der Waals surface area (Å²) in [7, 11) is 0. The largest absolute Gasteiger partial charge is 0.341 e. The molecule has 0 aliphatic carbocycles. The standard InChI is InChI=1S/C28H34N4O4/c1-19-9-13-30(14-10-19)18-26(34)31-15-11-20(12-16-31)5-6-21-3-2-4-22-23(21)17-32(28(22)36)24-7-8-25(33)29-27(24)35/h2-4,19-20,24H,7-18H2,1H3,(H,29,33,35). The van der Waals surface area contributed by atoms with E-state index in [0.717, 1.165) is 56.1 Å². The summed E-state index contributed by atoms with van der Waals surface area (Å²) in [5.41, 5.74) is 2.25. The van der Waals surface area contributed by atoms with Crippen LogP contribution in [0.3, 0.4) is 0 Å². The second-order valence-electron chi connectivity index (χ2n) is 10.6. The van der Waals surface area contributed by atoms with Crippen LogP contribution in [0.25, 0.3) is 0 Å². The molecule has 4 heterocycles. The van der Waals surface area contributed by atoms with Gasteiger partial charge in [0.05, 0.1) is 6.54 Å². The molecule has 4 aliphatic heterocycles. The highest BCUT2D eigenvalue weighted by molar-refractivity contribution is 6.05. The Balaban J connectivity index is 1.18. The molecule has 4 aliphatic rings. The molecule has 8 heteroatoms. The molecule has 36 heavy (non-hydrogen) atoms. The van der Waals surface area contributed by atoms with Crippen LogP contribution in [-0.4, -0.2) is 77.1 Å². The molecule has 4 amide bonds. The normalized spacial score (nSPS) is 23.8. The Labute approximate surface area is 212 Å². The first-order chi connectivity index (χ1) is 17.4. The Kier molecular flexibility index (Phi) is 7.10. The van der Waals surface area contributed by atoms with Gasteiger partial charge in [0.25, 0.3) is 5.91 Å². The van der Waals surface area contributed by atoms with Gasteiger partial charge < -0.3 is 9.80 Å². The van der Waals surface area contributed by atoms with E-state index in [9.17, 15) is 19.2 Å². The summed E-state index contributed by atoms with van der Waals surface area (Å²) in [6.07, 6.45) is 4.63. The molecule has 0 spiro atoms. The predicted molar refractivity (Wildman–Crippen MR) is 134 cm³/mol. The molecule has 0 bridgehead atoms. The fourth-order valence-corrected chi connectivity index (χ4v) is 5.67. The van der Waals surface area contributed by atoms with E-state index in [-0.39, 0.29) is 30.1 Å². The monoisotopic (exact) mass is 490 g/mol. The number of hydrogen-bond donors (Lipinski definition) is 1. The molecule has 5 rings (SSSR count). The van der Waals surface area contributed by atoms with Gasteiger partial charge in [0, 0.05) is 43.1 Å². The lowest BCUT2D eigenvalue weighted by Gasteiger charge is -2.34. The summed E-state index contributed by atoms with van der Waals surface area (Å²) in [4.78, 5) is 55.4. The van der Waals surface area contributed by atoms with Crippen molar-refractivity contribution >= 4 is 23.6 Å². The lowest BCUT2D eigenvalue weighted by molar-refractivity contribution is -0.137. The Bertz CT molecular complexity index is 1120. The molecule has 3 fully saturated rings. The van der Waals surface area contributed by atoms with Crippen molar-refractivity contribution in [2.75, 3.05) is 32.7 Å². The van der Waals surface area contributed by atoms with Crippen LogP contribution in [0.4, 0.5) is 0 Å². The molecule has 1 aromatic rings. The number of nitrogens with zero attached hydrogens (tertiary/aromatic N) is 3. The maximum Gasteiger partial charge on any atom is 0.255 e. The molecule has 1 atom stereocenters. The molecule has 1 N–H and O–H groups in total. The summed E-state index contributed by atoms with van der Waals surface area (Å²) in [6, 6.07) is 4.91. The number of rotatable bonds is 3. The first kappa shape index (κ1) is 24.5. The third-order valence-corrected chi connectivity index (χ3v) is 8.08. The number of carbonyl (C=O) groups excluding carboxylic acids is 4. The smallest absolute Gasteiger partial charge is 0.255 e. The second-order valence-corrected chi connectivity index (χ2v) is 10.6. The van der Waals surface area contributed by atoms with E-state index in [2.05, 4.69) is 29.0 Å². The number of likely N-dealkylation sites (tertiary alicyclic amines) is 2. The van der Waals surface area contributed by atoms with Crippen LogP contribution in [-0.2, 0) is 20.9 Å². The minimum Gasteiger partial charge on any atom is -0.341 e. The van der Waals surface area contributed by atoms with Gasteiger partial charge in [-0.05, 0) is 68.8 Å². The molecule has 0 radical (unpaired) electrons. The van der Waals surface area contributed by atoms with E-state index in [4.69, 9.17) is 0 Å². The van der Waals surface area contributed by atoms with Gasteiger partial charge in [-0.15, -0.1) is 0 Å². The Morgan fingerprint density at radius 2 is 1.78 bits per heavy atom. The molecule has 1 aromatic carbocycles. The minimum atomic E-state index is -0.626. The molecule has 0 saturated carbocycles. The van der Waals surface area contributed by atoms with E-state index < -0.39 is 11.9 Å². The first-order valence-corrected chi connectivity index (χ1v) is 13.2. The van der Waals surface area contributed by atoms with Crippen LogP contribution in [0.5, 0.6) is 0 Å². The number of nitrogens with one attached hydrogen (secondary N) is 1. The Morgan fingerprint density at radius 3 is 2.50 bits per heavy atom. The summed E-state index contributed by atoms with van der Waals surface area (Å²) in [5.74, 6) is 7.00. The van der Waals surface area contributed by atoms with Crippen molar-refractivity contribution < 1.29 is 19.2 Å². The molecule has 1 unspecified atom stereocenters. The molecular weight excluding hydrogens is 456 g/mol. The van der Waals surface area contributed by atoms with Crippen LogP contribution in [0, 0.1) is 23.7 Å². The maximum atomic E-state index is 13.0. The lowest BCUT2D eigenvalue weighted by Crippen LogP contribution is -2.52. The van der Waals surface area contributed by atoms with E-state index >= 15 is 0 Å². The summed E-state index contributed by atoms with van der Waals surface area (Å²) < 4.78 is 0. The highest BCUT2D eigenvalue weighted by Crippen LogP contribution is 2.29. The van der Waals surface area contributed by atoms with Crippen LogP contribution in [0.1, 0.15) is 66.9 Å². The van der Waals surface area contributed by atoms with Crippen LogP contribution >= 0.6 is 0 Å². The van der Waals surface area contributed by atoms with Crippen molar-refractivity contribution in [3.8, 4) is 11.8 Å². The molecule has 190 valence electrons. The summed E-state index contributed by atoms with van der Waals surface area (Å²) >= 11 is 0. The van der Waals surface area contributed by atoms with Crippen molar-refractivity contribution in [1.29, 1.82) is 0 Å². The number of benzene rings is 1. The van der Waals surface area contributed by atoms with Crippen molar-refractivity contribution in [1.82, 2.24) is 20.0 Å². The highest BCUT2D eigenvalue weighted by Gasteiger charge is 2.39. The van der Waals surface area contributed by atoms with E-state index in [0.29, 0.717) is 25.1 Å². The number of imide groups is 1. The SMILES string of the molecule is CC1CCN(CC(=O)N2CCC(C#Cc3cccc4c3CN(C3CCC(=O)NC3=O)C4=O)CC2)CC1. The van der Waals surface area contributed by atoms with Gasteiger partial charge >= 0.3 is 0 Å². The fraction of sp³-hybridized carbons (Fsp3) is 0.571. The number of piperidine rings is 3.